The van der Waals surface area contributed by atoms with Gasteiger partial charge >= 0.3 is 39.5 Å². The molecule has 0 fully saturated rings. The largest absolute Gasteiger partial charge is 0.472 e. The van der Waals surface area contributed by atoms with Crippen molar-refractivity contribution in [2.75, 3.05) is 39.6 Å². The normalized spacial score (nSPS) is 14.5. The first-order chi connectivity index (χ1) is 49.3. The minimum atomic E-state index is -4.96. The average Bonchev–Trinajstić information content (AvgIpc) is 0.941. The van der Waals surface area contributed by atoms with Crippen LogP contribution < -0.4 is 0 Å². The van der Waals surface area contributed by atoms with Crippen LogP contribution in [0.5, 0.6) is 0 Å². The zero-order valence-electron chi connectivity index (χ0n) is 67.1. The molecular weight excluding hydrogens is 1330 g/mol. The quantitative estimate of drug-likeness (QED) is 0.0222. The molecule has 0 aliphatic carbocycles. The molecule has 0 bridgehead atoms. The SMILES string of the molecule is CCCCCCCCCCCCCCCCCCCCCCCCC(=O)O[C@H](COC(=O)CCCCCCCCCCCCCCCC(C)C)COP(=O)(O)OC[C@@H](O)COP(=O)(O)OC[C@@H](COC(=O)CCCCCCCCCCC(C)CC)OC(=O)CCCCCCCCCCC(C)CC. The van der Waals surface area contributed by atoms with Crippen molar-refractivity contribution >= 4 is 39.5 Å². The molecule has 102 heavy (non-hydrogen) atoms. The Labute approximate surface area is 626 Å². The van der Waals surface area contributed by atoms with E-state index < -0.39 is 97.5 Å². The molecule has 0 heterocycles. The van der Waals surface area contributed by atoms with Crippen molar-refractivity contribution in [3.8, 4) is 0 Å². The Morgan fingerprint density at radius 2 is 0.500 bits per heavy atom. The van der Waals surface area contributed by atoms with Gasteiger partial charge in [0.25, 0.3) is 0 Å². The van der Waals surface area contributed by atoms with Crippen molar-refractivity contribution < 1.29 is 80.2 Å². The summed E-state index contributed by atoms with van der Waals surface area (Å²) in [5.41, 5.74) is 0. The summed E-state index contributed by atoms with van der Waals surface area (Å²) in [5, 5.41) is 10.7. The van der Waals surface area contributed by atoms with Crippen molar-refractivity contribution in [3.05, 3.63) is 0 Å². The molecule has 0 radical (unpaired) electrons. The molecular formula is C83H162O17P2. The summed E-state index contributed by atoms with van der Waals surface area (Å²) < 4.78 is 68.8. The Morgan fingerprint density at radius 1 is 0.284 bits per heavy atom. The van der Waals surface area contributed by atoms with Gasteiger partial charge in [0.1, 0.15) is 19.3 Å². The predicted octanol–water partition coefficient (Wildman–Crippen LogP) is 24.9. The van der Waals surface area contributed by atoms with Crippen LogP contribution in [-0.2, 0) is 65.4 Å². The third kappa shape index (κ3) is 73.6. The minimum absolute atomic E-state index is 0.105. The number of phosphoric acid groups is 2. The first kappa shape index (κ1) is 100. The minimum Gasteiger partial charge on any atom is -0.462 e. The maximum Gasteiger partial charge on any atom is 0.472 e. The molecule has 0 aromatic carbocycles. The Balaban J connectivity index is 5.23. The fourth-order valence-electron chi connectivity index (χ4n) is 12.8. The molecule has 0 rings (SSSR count). The van der Waals surface area contributed by atoms with Crippen LogP contribution in [0.1, 0.15) is 434 Å². The summed E-state index contributed by atoms with van der Waals surface area (Å²) in [6.07, 6.45) is 62.5. The third-order valence-electron chi connectivity index (χ3n) is 20.1. The molecule has 0 amide bonds. The van der Waals surface area contributed by atoms with Gasteiger partial charge in [0.2, 0.25) is 0 Å². The maximum absolute atomic E-state index is 13.1. The van der Waals surface area contributed by atoms with Gasteiger partial charge in [-0.05, 0) is 43.4 Å². The Kier molecular flexibility index (Phi) is 71.8. The van der Waals surface area contributed by atoms with Crippen LogP contribution in [-0.4, -0.2) is 96.7 Å². The molecule has 7 atom stereocenters. The molecule has 19 heteroatoms. The van der Waals surface area contributed by atoms with E-state index in [9.17, 15) is 43.2 Å². The predicted molar refractivity (Wildman–Crippen MR) is 418 cm³/mol. The van der Waals surface area contributed by atoms with Gasteiger partial charge in [0.05, 0.1) is 26.4 Å². The number of phosphoric ester groups is 2. The van der Waals surface area contributed by atoms with E-state index in [2.05, 4.69) is 48.5 Å². The topological polar surface area (TPSA) is 237 Å². The smallest absolute Gasteiger partial charge is 0.462 e. The lowest BCUT2D eigenvalue weighted by molar-refractivity contribution is -0.161. The van der Waals surface area contributed by atoms with Crippen LogP contribution in [0, 0.1) is 17.8 Å². The maximum atomic E-state index is 13.1. The van der Waals surface area contributed by atoms with Crippen molar-refractivity contribution in [2.24, 2.45) is 17.8 Å². The van der Waals surface area contributed by atoms with Crippen LogP contribution in [0.2, 0.25) is 0 Å². The molecule has 0 saturated heterocycles. The molecule has 0 aromatic rings. The monoisotopic (exact) mass is 1490 g/mol. The van der Waals surface area contributed by atoms with E-state index >= 15 is 0 Å². The van der Waals surface area contributed by atoms with E-state index in [0.29, 0.717) is 25.7 Å². The summed E-state index contributed by atoms with van der Waals surface area (Å²) in [5.74, 6) is 0.226. The van der Waals surface area contributed by atoms with Gasteiger partial charge in [-0.25, -0.2) is 9.13 Å². The number of hydrogen-bond acceptors (Lipinski definition) is 15. The van der Waals surface area contributed by atoms with Gasteiger partial charge in [0, 0.05) is 25.7 Å². The number of aliphatic hydroxyl groups excluding tert-OH is 1. The number of rotatable bonds is 81. The number of hydrogen-bond donors (Lipinski definition) is 3. The molecule has 4 unspecified atom stereocenters. The van der Waals surface area contributed by atoms with Gasteiger partial charge in [-0.15, -0.1) is 0 Å². The fraction of sp³-hybridized carbons (Fsp3) is 0.952. The number of unbranched alkanes of at least 4 members (excludes halogenated alkanes) is 47. The van der Waals surface area contributed by atoms with Crippen molar-refractivity contribution in [1.29, 1.82) is 0 Å². The Bertz CT molecular complexity index is 1980. The zero-order valence-corrected chi connectivity index (χ0v) is 68.9. The lowest BCUT2D eigenvalue weighted by Crippen LogP contribution is -2.30. The summed E-state index contributed by atoms with van der Waals surface area (Å²) in [4.78, 5) is 73.1. The van der Waals surface area contributed by atoms with E-state index in [1.165, 1.54) is 244 Å². The molecule has 0 aliphatic rings. The molecule has 17 nitrogen and oxygen atoms in total. The van der Waals surface area contributed by atoms with Crippen LogP contribution in [0.4, 0.5) is 0 Å². The number of esters is 4. The standard InChI is InChI=1S/C83H162O17P2/c1-8-11-12-13-14-15-16-17-18-19-20-21-22-23-24-25-28-32-35-45-52-59-66-82(87)99-78(70-93-80(85)64-57-50-43-34-31-29-26-27-30-33-40-47-54-61-74(4)5)72-97-101(89,90)95-68-77(84)69-96-102(91,92)98-73-79(100-83(88)67-60-53-46-39-37-42-49-56-63-76(7)10-3)71-94-81(86)65-58-51-44-38-36-41-48-55-62-75(6)9-2/h74-79,84H,8-73H2,1-7H3,(H,89,90)(H,91,92)/t75?,76?,77-,78-,79-/m1/s1. The summed E-state index contributed by atoms with van der Waals surface area (Å²) >= 11 is 0. The van der Waals surface area contributed by atoms with Crippen LogP contribution >= 0.6 is 15.6 Å². The second-order valence-corrected chi connectivity index (χ2v) is 33.7. The lowest BCUT2D eigenvalue weighted by atomic mass is 9.99. The molecule has 0 spiro atoms. The number of carbonyl (C=O) groups is 4. The Morgan fingerprint density at radius 3 is 0.745 bits per heavy atom. The Hall–Kier alpha value is -1.94. The van der Waals surface area contributed by atoms with Gasteiger partial charge in [-0.1, -0.05) is 382 Å². The van der Waals surface area contributed by atoms with Crippen molar-refractivity contribution in [1.82, 2.24) is 0 Å². The second-order valence-electron chi connectivity index (χ2n) is 30.8. The highest BCUT2D eigenvalue weighted by molar-refractivity contribution is 7.47. The van der Waals surface area contributed by atoms with Gasteiger partial charge in [0.15, 0.2) is 12.2 Å². The molecule has 3 N–H and O–H groups in total. The summed E-state index contributed by atoms with van der Waals surface area (Å²) in [7, 11) is -9.92. The van der Waals surface area contributed by atoms with Crippen molar-refractivity contribution in [3.63, 3.8) is 0 Å². The second kappa shape index (κ2) is 73.2. The first-order valence-corrected chi connectivity index (χ1v) is 45.9. The van der Waals surface area contributed by atoms with E-state index in [1.54, 1.807) is 0 Å². The summed E-state index contributed by atoms with van der Waals surface area (Å²) in [6.45, 7) is 12.0. The van der Waals surface area contributed by atoms with E-state index in [4.69, 9.17) is 37.0 Å². The van der Waals surface area contributed by atoms with E-state index in [0.717, 1.165) is 108 Å². The van der Waals surface area contributed by atoms with E-state index in [1.807, 2.05) is 0 Å². The van der Waals surface area contributed by atoms with Gasteiger partial charge < -0.3 is 33.8 Å². The first-order valence-electron chi connectivity index (χ1n) is 42.9. The van der Waals surface area contributed by atoms with Crippen LogP contribution in [0.25, 0.3) is 0 Å². The summed E-state index contributed by atoms with van der Waals surface area (Å²) in [6, 6.07) is 0. The van der Waals surface area contributed by atoms with Crippen molar-refractivity contribution in [2.45, 2.75) is 452 Å². The van der Waals surface area contributed by atoms with Crippen LogP contribution in [0.3, 0.4) is 0 Å². The number of carbonyl (C=O) groups excluding carboxylic acids is 4. The molecule has 0 aromatic heterocycles. The highest BCUT2D eigenvalue weighted by Gasteiger charge is 2.30. The highest BCUT2D eigenvalue weighted by Crippen LogP contribution is 2.45. The third-order valence-corrected chi connectivity index (χ3v) is 22.0. The average molecular weight is 1490 g/mol. The lowest BCUT2D eigenvalue weighted by Gasteiger charge is -2.21. The zero-order chi connectivity index (χ0) is 75.1. The van der Waals surface area contributed by atoms with Gasteiger partial charge in [-0.2, -0.15) is 0 Å². The molecule has 0 saturated carbocycles. The van der Waals surface area contributed by atoms with Gasteiger partial charge in [-0.3, -0.25) is 37.3 Å². The van der Waals surface area contributed by atoms with Crippen LogP contribution in [0.15, 0.2) is 0 Å². The number of aliphatic hydroxyl groups is 1. The highest BCUT2D eigenvalue weighted by atomic mass is 31.2. The molecule has 0 aliphatic heterocycles. The fourth-order valence-corrected chi connectivity index (χ4v) is 14.4. The van der Waals surface area contributed by atoms with E-state index in [-0.39, 0.29) is 25.7 Å². The number of ether oxygens (including phenoxy) is 4. The molecule has 606 valence electrons.